The summed E-state index contributed by atoms with van der Waals surface area (Å²) in [5.41, 5.74) is 0.670. The molecule has 0 bridgehead atoms. The number of rotatable bonds is 4. The van der Waals surface area contributed by atoms with E-state index >= 15 is 0 Å². The second-order valence-corrected chi connectivity index (χ2v) is 3.62. The number of hydrogen-bond donors (Lipinski definition) is 1. The second kappa shape index (κ2) is 4.92. The topological polar surface area (TPSA) is 46.0 Å². The van der Waals surface area contributed by atoms with Crippen LogP contribution in [-0.2, 0) is 0 Å². The Balaban J connectivity index is 2.44. The predicted octanol–water partition coefficient (Wildman–Crippen LogP) is 1.95. The molecule has 1 rings (SSSR count). The summed E-state index contributed by atoms with van der Waals surface area (Å²) in [4.78, 5) is 7.95. The van der Waals surface area contributed by atoms with E-state index in [4.69, 9.17) is 0 Å². The maximum atomic E-state index is 9.67. The average molecular weight is 180 g/mol. The van der Waals surface area contributed by atoms with Crippen LogP contribution < -0.4 is 0 Å². The fraction of sp³-hybridized carbons (Fsp3) is 0.600. The maximum absolute atomic E-state index is 9.67. The van der Waals surface area contributed by atoms with Crippen molar-refractivity contribution < 1.29 is 5.11 Å². The highest BCUT2D eigenvalue weighted by atomic mass is 16.3. The van der Waals surface area contributed by atoms with Gasteiger partial charge in [0.1, 0.15) is 0 Å². The molecule has 13 heavy (non-hydrogen) atoms. The van der Waals surface area contributed by atoms with Crippen LogP contribution in [0.25, 0.3) is 0 Å². The zero-order chi connectivity index (χ0) is 9.68. The summed E-state index contributed by atoms with van der Waals surface area (Å²) in [6.07, 6.45) is 6.14. The molecular formula is C10H16N2O. The summed E-state index contributed by atoms with van der Waals surface area (Å²) < 4.78 is 0. The van der Waals surface area contributed by atoms with Gasteiger partial charge in [-0.05, 0) is 18.8 Å². The van der Waals surface area contributed by atoms with Crippen molar-refractivity contribution in [2.24, 2.45) is 5.92 Å². The summed E-state index contributed by atoms with van der Waals surface area (Å²) in [7, 11) is 0. The Bertz CT molecular complexity index is 236. The molecule has 1 atom stereocenters. The lowest BCUT2D eigenvalue weighted by atomic mass is 10.0. The molecule has 1 aromatic rings. The maximum Gasteiger partial charge on any atom is 0.0975 e. The number of aliphatic hydroxyl groups is 1. The summed E-state index contributed by atoms with van der Waals surface area (Å²) >= 11 is 0. The standard InChI is InChI=1S/C10H16N2O/c1-8(2)3-4-10(13)9-7-11-5-6-12-9/h5-8,10,13H,3-4H2,1-2H3. The van der Waals surface area contributed by atoms with Gasteiger partial charge in [-0.25, -0.2) is 0 Å². The summed E-state index contributed by atoms with van der Waals surface area (Å²) in [5.74, 6) is 0.617. The zero-order valence-corrected chi connectivity index (χ0v) is 8.14. The normalized spacial score (nSPS) is 13.2. The smallest absolute Gasteiger partial charge is 0.0975 e. The Morgan fingerprint density at radius 3 is 2.62 bits per heavy atom. The minimum absolute atomic E-state index is 0.462. The van der Waals surface area contributed by atoms with Crippen LogP contribution in [0.3, 0.4) is 0 Å². The molecule has 1 aromatic heterocycles. The van der Waals surface area contributed by atoms with Crippen LogP contribution in [0.4, 0.5) is 0 Å². The molecule has 3 nitrogen and oxygen atoms in total. The lowest BCUT2D eigenvalue weighted by Gasteiger charge is -2.10. The van der Waals surface area contributed by atoms with E-state index < -0.39 is 6.10 Å². The van der Waals surface area contributed by atoms with Crippen LogP contribution in [0.5, 0.6) is 0 Å². The Morgan fingerprint density at radius 2 is 2.08 bits per heavy atom. The third kappa shape index (κ3) is 3.51. The van der Waals surface area contributed by atoms with Crippen molar-refractivity contribution in [2.45, 2.75) is 32.8 Å². The molecule has 72 valence electrons. The van der Waals surface area contributed by atoms with Crippen LogP contribution in [0, 0.1) is 5.92 Å². The molecule has 0 aliphatic carbocycles. The van der Waals surface area contributed by atoms with Crippen molar-refractivity contribution in [3.8, 4) is 0 Å². The number of aromatic nitrogens is 2. The van der Waals surface area contributed by atoms with Crippen LogP contribution in [0.15, 0.2) is 18.6 Å². The molecule has 0 radical (unpaired) electrons. The van der Waals surface area contributed by atoms with Gasteiger partial charge in [-0.1, -0.05) is 13.8 Å². The van der Waals surface area contributed by atoms with E-state index in [1.165, 1.54) is 0 Å². The molecule has 1 N–H and O–H groups in total. The molecular weight excluding hydrogens is 164 g/mol. The zero-order valence-electron chi connectivity index (χ0n) is 8.14. The lowest BCUT2D eigenvalue weighted by Crippen LogP contribution is -2.02. The Hall–Kier alpha value is -0.960. The first-order valence-corrected chi connectivity index (χ1v) is 4.64. The molecule has 0 aliphatic rings. The molecule has 1 heterocycles. The fourth-order valence-electron chi connectivity index (χ4n) is 1.12. The van der Waals surface area contributed by atoms with E-state index in [9.17, 15) is 5.11 Å². The van der Waals surface area contributed by atoms with Crippen LogP contribution >= 0.6 is 0 Å². The van der Waals surface area contributed by atoms with Crippen molar-refractivity contribution in [1.29, 1.82) is 0 Å². The van der Waals surface area contributed by atoms with Crippen molar-refractivity contribution in [3.05, 3.63) is 24.3 Å². The molecule has 0 aromatic carbocycles. The van der Waals surface area contributed by atoms with Gasteiger partial charge < -0.3 is 5.11 Å². The van der Waals surface area contributed by atoms with Gasteiger partial charge in [0.15, 0.2) is 0 Å². The van der Waals surface area contributed by atoms with Crippen LogP contribution in [0.1, 0.15) is 38.5 Å². The first kappa shape index (κ1) is 10.1. The van der Waals surface area contributed by atoms with Crippen LogP contribution in [0.2, 0.25) is 0 Å². The van der Waals surface area contributed by atoms with Gasteiger partial charge >= 0.3 is 0 Å². The molecule has 0 saturated carbocycles. The lowest BCUT2D eigenvalue weighted by molar-refractivity contribution is 0.154. The van der Waals surface area contributed by atoms with Crippen molar-refractivity contribution in [1.82, 2.24) is 9.97 Å². The molecule has 0 saturated heterocycles. The third-order valence-corrected chi connectivity index (χ3v) is 1.94. The van der Waals surface area contributed by atoms with Crippen molar-refractivity contribution in [2.75, 3.05) is 0 Å². The number of nitrogens with zero attached hydrogens (tertiary/aromatic N) is 2. The highest BCUT2D eigenvalue weighted by Crippen LogP contribution is 2.17. The number of aliphatic hydroxyl groups excluding tert-OH is 1. The van der Waals surface area contributed by atoms with E-state index in [0.717, 1.165) is 12.8 Å². The van der Waals surface area contributed by atoms with Gasteiger partial charge in [0.25, 0.3) is 0 Å². The van der Waals surface area contributed by atoms with Crippen molar-refractivity contribution in [3.63, 3.8) is 0 Å². The second-order valence-electron chi connectivity index (χ2n) is 3.62. The largest absolute Gasteiger partial charge is 0.387 e. The van der Waals surface area contributed by atoms with Gasteiger partial charge in [0.2, 0.25) is 0 Å². The van der Waals surface area contributed by atoms with E-state index in [2.05, 4.69) is 23.8 Å². The molecule has 1 unspecified atom stereocenters. The first-order valence-electron chi connectivity index (χ1n) is 4.64. The summed E-state index contributed by atoms with van der Waals surface area (Å²) in [5, 5.41) is 9.67. The summed E-state index contributed by atoms with van der Waals surface area (Å²) in [6.45, 7) is 4.28. The SMILES string of the molecule is CC(C)CCC(O)c1cnccn1. The monoisotopic (exact) mass is 180 g/mol. The first-order chi connectivity index (χ1) is 6.20. The Labute approximate surface area is 78.9 Å². The minimum atomic E-state index is -0.462. The van der Waals surface area contributed by atoms with Gasteiger partial charge in [0, 0.05) is 12.4 Å². The van der Waals surface area contributed by atoms with E-state index in [1.54, 1.807) is 18.6 Å². The van der Waals surface area contributed by atoms with Gasteiger partial charge in [-0.3, -0.25) is 9.97 Å². The quantitative estimate of drug-likeness (QED) is 0.770. The number of hydrogen-bond acceptors (Lipinski definition) is 3. The fourth-order valence-corrected chi connectivity index (χ4v) is 1.12. The highest BCUT2D eigenvalue weighted by molar-refractivity contribution is 4.98. The predicted molar refractivity (Wildman–Crippen MR) is 51.1 cm³/mol. The minimum Gasteiger partial charge on any atom is -0.387 e. The van der Waals surface area contributed by atoms with E-state index in [-0.39, 0.29) is 0 Å². The van der Waals surface area contributed by atoms with Gasteiger partial charge in [-0.15, -0.1) is 0 Å². The van der Waals surface area contributed by atoms with Gasteiger partial charge in [-0.2, -0.15) is 0 Å². The Morgan fingerprint density at radius 1 is 1.31 bits per heavy atom. The average Bonchev–Trinajstić information content (AvgIpc) is 2.15. The van der Waals surface area contributed by atoms with Crippen molar-refractivity contribution >= 4 is 0 Å². The van der Waals surface area contributed by atoms with E-state index in [0.29, 0.717) is 11.6 Å². The Kier molecular flexibility index (Phi) is 3.83. The van der Waals surface area contributed by atoms with Gasteiger partial charge in [0.05, 0.1) is 18.0 Å². The highest BCUT2D eigenvalue weighted by Gasteiger charge is 2.08. The van der Waals surface area contributed by atoms with Crippen LogP contribution in [-0.4, -0.2) is 15.1 Å². The molecule has 3 heteroatoms. The third-order valence-electron chi connectivity index (χ3n) is 1.94. The molecule has 0 spiro atoms. The molecule has 0 amide bonds. The van der Waals surface area contributed by atoms with E-state index in [1.807, 2.05) is 0 Å². The molecule has 0 fully saturated rings. The molecule has 0 aliphatic heterocycles. The summed E-state index contributed by atoms with van der Waals surface area (Å²) in [6, 6.07) is 0.